The van der Waals surface area contributed by atoms with Gasteiger partial charge in [-0.05, 0) is 36.2 Å². The van der Waals surface area contributed by atoms with Gasteiger partial charge in [-0.2, -0.15) is 8.78 Å². The van der Waals surface area contributed by atoms with Crippen molar-refractivity contribution < 1.29 is 27.4 Å². The lowest BCUT2D eigenvalue weighted by Gasteiger charge is -2.14. The van der Waals surface area contributed by atoms with Crippen molar-refractivity contribution in [1.29, 1.82) is 0 Å². The average molecular weight is 339 g/mol. The predicted molar refractivity (Wildman–Crippen MR) is 82.1 cm³/mol. The minimum Gasteiger partial charge on any atom is -0.493 e. The summed E-state index contributed by atoms with van der Waals surface area (Å²) in [7, 11) is 1.29. The molecule has 0 spiro atoms. The largest absolute Gasteiger partial charge is 0.493 e. The number of rotatable bonds is 7. The molecule has 0 heterocycles. The van der Waals surface area contributed by atoms with Gasteiger partial charge >= 0.3 is 6.61 Å². The number of hydrogen-bond acceptors (Lipinski definition) is 3. The third kappa shape index (κ3) is 4.65. The molecule has 0 radical (unpaired) electrons. The summed E-state index contributed by atoms with van der Waals surface area (Å²) in [5, 5.41) is 2.59. The SMILES string of the molecule is COc1cccc(C(=O)NCCc2cccc(F)c2)c1OC(F)F. The van der Waals surface area contributed by atoms with Crippen molar-refractivity contribution in [3.8, 4) is 11.5 Å². The van der Waals surface area contributed by atoms with Crippen LogP contribution in [-0.2, 0) is 6.42 Å². The molecular formula is C17H16F3NO3. The minimum absolute atomic E-state index is 0.0353. The summed E-state index contributed by atoms with van der Waals surface area (Å²) in [6.07, 6.45) is 0.401. The number of para-hydroxylation sites is 1. The highest BCUT2D eigenvalue weighted by Gasteiger charge is 2.19. The number of carbonyl (C=O) groups excluding carboxylic acids is 1. The van der Waals surface area contributed by atoms with E-state index >= 15 is 0 Å². The molecule has 0 aromatic heterocycles. The van der Waals surface area contributed by atoms with Crippen LogP contribution >= 0.6 is 0 Å². The molecule has 2 aromatic carbocycles. The molecule has 0 atom stereocenters. The first kappa shape index (κ1) is 17.7. The van der Waals surface area contributed by atoms with Crippen LogP contribution < -0.4 is 14.8 Å². The van der Waals surface area contributed by atoms with Gasteiger partial charge in [0.05, 0.1) is 12.7 Å². The van der Waals surface area contributed by atoms with Crippen LogP contribution in [0, 0.1) is 5.82 Å². The van der Waals surface area contributed by atoms with E-state index in [0.717, 1.165) is 0 Å². The number of hydrogen-bond donors (Lipinski definition) is 1. The Morgan fingerprint density at radius 1 is 1.21 bits per heavy atom. The zero-order valence-electron chi connectivity index (χ0n) is 12.9. The molecule has 0 fully saturated rings. The third-order valence-corrected chi connectivity index (χ3v) is 3.24. The Bertz CT molecular complexity index is 707. The van der Waals surface area contributed by atoms with Gasteiger partial charge in [-0.25, -0.2) is 4.39 Å². The Morgan fingerprint density at radius 3 is 2.62 bits per heavy atom. The highest BCUT2D eigenvalue weighted by atomic mass is 19.3. The van der Waals surface area contributed by atoms with E-state index in [9.17, 15) is 18.0 Å². The van der Waals surface area contributed by atoms with Gasteiger partial charge in [-0.1, -0.05) is 18.2 Å². The van der Waals surface area contributed by atoms with Crippen molar-refractivity contribution in [3.05, 3.63) is 59.4 Å². The standard InChI is InChI=1S/C17H16F3NO3/c1-23-14-7-3-6-13(15(14)24-17(19)20)16(22)21-9-8-11-4-2-5-12(18)10-11/h2-7,10,17H,8-9H2,1H3,(H,21,22). The van der Waals surface area contributed by atoms with Crippen molar-refractivity contribution in [2.75, 3.05) is 13.7 Å². The fraction of sp³-hybridized carbons (Fsp3) is 0.235. The molecule has 7 heteroatoms. The highest BCUT2D eigenvalue weighted by molar-refractivity contribution is 5.97. The van der Waals surface area contributed by atoms with Gasteiger partial charge in [-0.3, -0.25) is 4.79 Å². The van der Waals surface area contributed by atoms with Crippen molar-refractivity contribution in [2.24, 2.45) is 0 Å². The molecular weight excluding hydrogens is 323 g/mol. The molecule has 0 unspecified atom stereocenters. The molecule has 2 rings (SSSR count). The summed E-state index contributed by atoms with van der Waals surface area (Å²) in [6.45, 7) is -2.87. The molecule has 0 saturated heterocycles. The highest BCUT2D eigenvalue weighted by Crippen LogP contribution is 2.32. The molecule has 128 valence electrons. The number of amides is 1. The number of carbonyl (C=O) groups is 1. The summed E-state index contributed by atoms with van der Waals surface area (Å²) >= 11 is 0. The first-order valence-corrected chi connectivity index (χ1v) is 7.15. The summed E-state index contributed by atoms with van der Waals surface area (Å²) in [4.78, 5) is 12.2. The fourth-order valence-corrected chi connectivity index (χ4v) is 2.17. The molecule has 4 nitrogen and oxygen atoms in total. The van der Waals surface area contributed by atoms with Crippen LogP contribution in [0.4, 0.5) is 13.2 Å². The van der Waals surface area contributed by atoms with E-state index in [1.165, 1.54) is 37.4 Å². The van der Waals surface area contributed by atoms with E-state index in [0.29, 0.717) is 12.0 Å². The number of halogens is 3. The molecule has 0 saturated carbocycles. The van der Waals surface area contributed by atoms with Crippen LogP contribution in [0.1, 0.15) is 15.9 Å². The average Bonchev–Trinajstić information content (AvgIpc) is 2.54. The van der Waals surface area contributed by atoms with Crippen LogP contribution in [0.15, 0.2) is 42.5 Å². The normalized spacial score (nSPS) is 10.5. The molecule has 0 bridgehead atoms. The Balaban J connectivity index is 2.06. The van der Waals surface area contributed by atoms with Gasteiger partial charge < -0.3 is 14.8 Å². The van der Waals surface area contributed by atoms with Crippen molar-refractivity contribution >= 4 is 5.91 Å². The number of ether oxygens (including phenoxy) is 2. The second kappa shape index (κ2) is 8.24. The quantitative estimate of drug-likeness (QED) is 0.841. The summed E-state index contributed by atoms with van der Waals surface area (Å²) in [5.41, 5.74) is 0.652. The maximum atomic E-state index is 13.1. The molecule has 0 aliphatic rings. The monoisotopic (exact) mass is 339 g/mol. The van der Waals surface area contributed by atoms with Crippen LogP contribution in [0.3, 0.4) is 0 Å². The van der Waals surface area contributed by atoms with E-state index in [-0.39, 0.29) is 29.4 Å². The van der Waals surface area contributed by atoms with Crippen LogP contribution in [0.25, 0.3) is 0 Å². The van der Waals surface area contributed by atoms with Crippen molar-refractivity contribution in [1.82, 2.24) is 5.32 Å². The van der Waals surface area contributed by atoms with Gasteiger partial charge in [0, 0.05) is 6.54 Å². The van der Waals surface area contributed by atoms with E-state index < -0.39 is 12.5 Å². The Morgan fingerprint density at radius 2 is 1.96 bits per heavy atom. The van der Waals surface area contributed by atoms with E-state index in [1.54, 1.807) is 12.1 Å². The number of nitrogens with one attached hydrogen (secondary N) is 1. The Kier molecular flexibility index (Phi) is 6.06. The zero-order chi connectivity index (χ0) is 17.5. The Labute approximate surface area is 137 Å². The lowest BCUT2D eigenvalue weighted by atomic mass is 10.1. The molecule has 2 aromatic rings. The molecule has 24 heavy (non-hydrogen) atoms. The first-order chi connectivity index (χ1) is 11.5. The Hall–Kier alpha value is -2.70. The van der Waals surface area contributed by atoms with E-state index in [4.69, 9.17) is 4.74 Å². The zero-order valence-corrected chi connectivity index (χ0v) is 12.9. The third-order valence-electron chi connectivity index (χ3n) is 3.24. The van der Waals surface area contributed by atoms with E-state index in [1.807, 2.05) is 0 Å². The molecule has 1 amide bonds. The summed E-state index contributed by atoms with van der Waals surface area (Å²) < 4.78 is 47.5. The second-order valence-electron chi connectivity index (χ2n) is 4.85. The first-order valence-electron chi connectivity index (χ1n) is 7.15. The lowest BCUT2D eigenvalue weighted by Crippen LogP contribution is -2.26. The molecule has 0 aliphatic carbocycles. The smallest absolute Gasteiger partial charge is 0.387 e. The van der Waals surface area contributed by atoms with Gasteiger partial charge in [0.15, 0.2) is 11.5 Å². The summed E-state index contributed by atoms with van der Waals surface area (Å²) in [5.74, 6) is -1.23. The lowest BCUT2D eigenvalue weighted by molar-refractivity contribution is -0.0515. The van der Waals surface area contributed by atoms with Gasteiger partial charge in [-0.15, -0.1) is 0 Å². The predicted octanol–water partition coefficient (Wildman–Crippen LogP) is 3.41. The topological polar surface area (TPSA) is 47.6 Å². The second-order valence-corrected chi connectivity index (χ2v) is 4.85. The fourth-order valence-electron chi connectivity index (χ4n) is 2.17. The number of methoxy groups -OCH3 is 1. The van der Waals surface area contributed by atoms with E-state index in [2.05, 4.69) is 10.1 Å². The maximum absolute atomic E-state index is 13.1. The van der Waals surface area contributed by atoms with Crippen molar-refractivity contribution in [2.45, 2.75) is 13.0 Å². The number of alkyl halides is 2. The number of benzene rings is 2. The maximum Gasteiger partial charge on any atom is 0.387 e. The summed E-state index contributed by atoms with van der Waals surface area (Å²) in [6, 6.07) is 10.3. The van der Waals surface area contributed by atoms with Gasteiger partial charge in [0.2, 0.25) is 0 Å². The van der Waals surface area contributed by atoms with Crippen LogP contribution in [0.2, 0.25) is 0 Å². The van der Waals surface area contributed by atoms with Gasteiger partial charge in [0.25, 0.3) is 5.91 Å². The van der Waals surface area contributed by atoms with Crippen LogP contribution in [0.5, 0.6) is 11.5 Å². The molecule has 0 aliphatic heterocycles. The van der Waals surface area contributed by atoms with Gasteiger partial charge in [0.1, 0.15) is 5.82 Å². The van der Waals surface area contributed by atoms with Crippen LogP contribution in [-0.4, -0.2) is 26.2 Å². The van der Waals surface area contributed by atoms with Crippen molar-refractivity contribution in [3.63, 3.8) is 0 Å². The molecule has 1 N–H and O–H groups in total. The minimum atomic E-state index is -3.08.